The van der Waals surface area contributed by atoms with E-state index in [4.69, 9.17) is 0 Å². The van der Waals surface area contributed by atoms with E-state index in [0.717, 1.165) is 0 Å². The summed E-state index contributed by atoms with van der Waals surface area (Å²) in [6, 6.07) is 18.8. The molecule has 1 aliphatic carbocycles. The summed E-state index contributed by atoms with van der Waals surface area (Å²) in [4.78, 5) is 0. The average Bonchev–Trinajstić information content (AvgIpc) is 3.23. The molecule has 0 amide bonds. The van der Waals surface area contributed by atoms with Gasteiger partial charge in [0.05, 0.1) is 0 Å². The molecule has 0 heterocycles. The number of halogens is 3. The van der Waals surface area contributed by atoms with E-state index in [0.29, 0.717) is 0 Å². The van der Waals surface area contributed by atoms with E-state index in [1.807, 2.05) is 0 Å². The maximum Gasteiger partial charge on any atom is -1.00 e. The van der Waals surface area contributed by atoms with Crippen LogP contribution in [0.2, 0.25) is 16.4 Å². The molecule has 0 bridgehead atoms. The minimum Gasteiger partial charge on any atom is -1.00 e. The molecule has 0 aliphatic heterocycles. The molecule has 0 spiro atoms. The Hall–Kier alpha value is -0.279. The number of hydrogen-bond acceptors (Lipinski definition) is 0. The second-order valence-corrected chi connectivity index (χ2v) is 17.0. The molecule has 0 aromatic heterocycles. The van der Waals surface area contributed by atoms with Gasteiger partial charge in [-0.1, -0.05) is 0 Å². The number of unbranched alkanes of at least 4 members (excludes halogenated alkanes) is 6. The third-order valence-corrected chi connectivity index (χ3v) is 15.3. The summed E-state index contributed by atoms with van der Waals surface area (Å²) in [6.45, 7) is 9.79. The van der Waals surface area contributed by atoms with Crippen LogP contribution in [0.5, 0.6) is 0 Å². The standard InChI is InChI=1S/C31H43Si.3ClH.Ti/c1-5-7-9-12-17-26-23-27(18-13-10-8-6-2)25-29(24-26)32(3,4)31-22-16-21-30(31)28-19-14-11-15-20-28;;;;/h11,14-16,19-25H,5-10,12-13,17-18H2,1-4H3;3*1H;/q;;;;+3/p-3. The van der Waals surface area contributed by atoms with Gasteiger partial charge in [0.1, 0.15) is 0 Å². The second kappa shape index (κ2) is 17.3. The first kappa shape index (κ1) is 35.7. The zero-order valence-corrected chi connectivity index (χ0v) is 27.4. The second-order valence-electron chi connectivity index (χ2n) is 10.4. The number of allylic oxidation sites excluding steroid dienone is 4. The van der Waals surface area contributed by atoms with Crippen LogP contribution in [0.1, 0.15) is 81.9 Å². The van der Waals surface area contributed by atoms with Crippen LogP contribution in [0.25, 0.3) is 5.57 Å². The summed E-state index contributed by atoms with van der Waals surface area (Å²) >= 11 is 2.50. The molecule has 0 nitrogen and oxygen atoms in total. The van der Waals surface area contributed by atoms with E-state index in [-0.39, 0.29) is 40.6 Å². The molecule has 2 aromatic rings. The van der Waals surface area contributed by atoms with E-state index in [2.05, 4.69) is 114 Å². The minimum atomic E-state index is -1.84. The molecule has 2 aromatic carbocycles. The molecular weight excluding hydrogens is 555 g/mol. The maximum atomic E-state index is 2.59. The van der Waals surface area contributed by atoms with Crippen molar-refractivity contribution in [3.63, 3.8) is 0 Å². The Bertz CT molecular complexity index is 925. The van der Waals surface area contributed by atoms with E-state index in [9.17, 15) is 0 Å². The Morgan fingerprint density at radius 3 is 1.75 bits per heavy atom. The molecule has 0 radical (unpaired) electrons. The monoisotopic (exact) mass is 596 g/mol. The summed E-state index contributed by atoms with van der Waals surface area (Å²) in [6.07, 6.45) is 20.3. The van der Waals surface area contributed by atoms with Crippen molar-refractivity contribution < 1.29 is 57.7 Å². The average molecular weight is 598 g/mol. The van der Waals surface area contributed by atoms with Crippen molar-refractivity contribution in [1.29, 1.82) is 0 Å². The van der Waals surface area contributed by atoms with E-state index >= 15 is 0 Å². The van der Waals surface area contributed by atoms with Gasteiger partial charge in [0.15, 0.2) is 0 Å². The first-order valence-electron chi connectivity index (χ1n) is 13.3. The fourth-order valence-corrected chi connectivity index (χ4v) is 9.29. The Kier molecular flexibility index (Phi) is 17.2. The Balaban J connectivity index is 0.00000408. The van der Waals surface area contributed by atoms with Crippen molar-refractivity contribution in [2.24, 2.45) is 0 Å². The zero-order valence-electron chi connectivity index (χ0n) is 22.6. The molecule has 0 saturated carbocycles. The summed E-state index contributed by atoms with van der Waals surface area (Å²) in [5, 5.41) is 1.64. The van der Waals surface area contributed by atoms with E-state index in [1.165, 1.54) is 75.3 Å². The van der Waals surface area contributed by atoms with Crippen LogP contribution in [0, 0.1) is 0 Å². The SMILES string of the molecule is CCCCCCc1cc(CCCCCC)cc([Si](C)(C)[C]2([Ti+3])C=CC=C2c2ccccc2)c1.[Cl-].[Cl-].[Cl-]. The van der Waals surface area contributed by atoms with E-state index in [1.54, 1.807) is 16.3 Å². The van der Waals surface area contributed by atoms with Crippen LogP contribution in [-0.2, 0) is 33.3 Å². The molecule has 1 aliphatic rings. The van der Waals surface area contributed by atoms with Crippen LogP contribution >= 0.6 is 0 Å². The van der Waals surface area contributed by atoms with E-state index < -0.39 is 8.07 Å². The Morgan fingerprint density at radius 1 is 0.722 bits per heavy atom. The quantitative estimate of drug-likeness (QED) is 0.221. The Morgan fingerprint density at radius 2 is 1.25 bits per heavy atom. The van der Waals surface area contributed by atoms with Gasteiger partial charge in [-0.25, -0.2) is 0 Å². The van der Waals surface area contributed by atoms with Crippen molar-refractivity contribution in [1.82, 2.24) is 0 Å². The van der Waals surface area contributed by atoms with Crippen molar-refractivity contribution in [3.8, 4) is 0 Å². The van der Waals surface area contributed by atoms with Gasteiger partial charge >= 0.3 is 217 Å². The van der Waals surface area contributed by atoms with Crippen molar-refractivity contribution in [2.75, 3.05) is 0 Å². The van der Waals surface area contributed by atoms with Crippen molar-refractivity contribution >= 4 is 18.8 Å². The van der Waals surface area contributed by atoms with Crippen LogP contribution in [0.3, 0.4) is 0 Å². The maximum absolute atomic E-state index is 2.59. The van der Waals surface area contributed by atoms with Gasteiger partial charge in [0.25, 0.3) is 0 Å². The van der Waals surface area contributed by atoms with Crippen LogP contribution in [0.15, 0.2) is 66.8 Å². The van der Waals surface area contributed by atoms with Crippen LogP contribution in [-0.4, -0.2) is 8.07 Å². The predicted octanol–water partition coefficient (Wildman–Crippen LogP) is -0.242. The van der Waals surface area contributed by atoms with Gasteiger partial charge in [-0.05, 0) is 0 Å². The van der Waals surface area contributed by atoms with Gasteiger partial charge < -0.3 is 37.2 Å². The van der Waals surface area contributed by atoms with Gasteiger partial charge in [-0.3, -0.25) is 0 Å². The molecule has 1 atom stereocenters. The summed E-state index contributed by atoms with van der Waals surface area (Å²) < 4.78 is 0.106. The molecular formula is C31H43Cl3SiTi. The first-order valence-corrected chi connectivity index (χ1v) is 17.0. The zero-order chi connectivity index (χ0) is 23.7. The fraction of sp³-hybridized carbons (Fsp3) is 0.484. The molecule has 1 unspecified atom stereocenters. The number of aryl methyl sites for hydroxylation is 2. The largest absolute Gasteiger partial charge is 1.00 e. The molecule has 0 fully saturated rings. The molecule has 36 heavy (non-hydrogen) atoms. The predicted molar refractivity (Wildman–Crippen MR) is 146 cm³/mol. The first-order chi connectivity index (χ1) is 15.9. The van der Waals surface area contributed by atoms with Crippen LogP contribution in [0.4, 0.5) is 0 Å². The topological polar surface area (TPSA) is 0 Å². The van der Waals surface area contributed by atoms with Gasteiger partial charge in [0, 0.05) is 0 Å². The van der Waals surface area contributed by atoms with Crippen molar-refractivity contribution in [2.45, 2.75) is 94.5 Å². The fourth-order valence-electron chi connectivity index (χ4n) is 5.15. The van der Waals surface area contributed by atoms with Gasteiger partial charge in [-0.15, -0.1) is 0 Å². The third-order valence-electron chi connectivity index (χ3n) is 7.52. The smallest absolute Gasteiger partial charge is 1.00 e. The Labute approximate surface area is 252 Å². The minimum absolute atomic E-state index is 0. The summed E-state index contributed by atoms with van der Waals surface area (Å²) in [7, 11) is -1.84. The summed E-state index contributed by atoms with van der Waals surface area (Å²) in [5.74, 6) is 0. The van der Waals surface area contributed by atoms with Gasteiger partial charge in [0.2, 0.25) is 0 Å². The number of rotatable bonds is 13. The number of hydrogen-bond donors (Lipinski definition) is 0. The molecule has 0 N–H and O–H groups in total. The molecule has 5 heteroatoms. The van der Waals surface area contributed by atoms with Gasteiger partial charge in [-0.2, -0.15) is 0 Å². The van der Waals surface area contributed by atoms with Crippen LogP contribution < -0.4 is 42.4 Å². The summed E-state index contributed by atoms with van der Waals surface area (Å²) in [5.41, 5.74) is 6.02. The number of benzene rings is 2. The molecule has 0 saturated heterocycles. The normalized spacial score (nSPS) is 16.6. The third kappa shape index (κ3) is 8.89. The molecule has 3 rings (SSSR count). The molecule has 196 valence electrons. The van der Waals surface area contributed by atoms with Crippen molar-refractivity contribution in [3.05, 3.63) is 83.4 Å².